The molecule has 0 heterocycles. The summed E-state index contributed by atoms with van der Waals surface area (Å²) in [6, 6.07) is 8.11. The zero-order valence-corrected chi connectivity index (χ0v) is 25.2. The molecular formula is C29H44F3N3O6. The van der Waals surface area contributed by atoms with Gasteiger partial charge in [-0.1, -0.05) is 84.4 Å². The number of benzene rings is 1. The predicted molar refractivity (Wildman–Crippen MR) is 150 cm³/mol. The van der Waals surface area contributed by atoms with Crippen molar-refractivity contribution in [3.05, 3.63) is 47.5 Å². The van der Waals surface area contributed by atoms with Gasteiger partial charge in [-0.25, -0.2) is 9.59 Å². The van der Waals surface area contributed by atoms with E-state index in [1.54, 1.807) is 25.1 Å². The number of hydrogen-bond donors (Lipinski definition) is 4. The molecule has 0 saturated heterocycles. The smallest absolute Gasteiger partial charge is 0.478 e. The summed E-state index contributed by atoms with van der Waals surface area (Å²) in [7, 11) is 3.42. The van der Waals surface area contributed by atoms with Gasteiger partial charge in [-0.15, -0.1) is 0 Å². The SMILES string of the molecule is CC[C@H](C)[C@H](NC(=O)[C@@H](NC)C(C)(C)c1ccccc1)C(=O)N(C)[C@H](/C=C(\C)C(=O)O)C(C)C.O=C(O)C(F)(F)F. The van der Waals surface area contributed by atoms with Crippen LogP contribution in [0.25, 0.3) is 0 Å². The van der Waals surface area contributed by atoms with E-state index < -0.39 is 41.7 Å². The van der Waals surface area contributed by atoms with Crippen LogP contribution in [0.1, 0.15) is 60.5 Å². The minimum Gasteiger partial charge on any atom is -0.478 e. The van der Waals surface area contributed by atoms with Gasteiger partial charge in [-0.2, -0.15) is 13.2 Å². The van der Waals surface area contributed by atoms with Crippen molar-refractivity contribution in [2.24, 2.45) is 11.8 Å². The number of alkyl halides is 3. The number of hydrogen-bond acceptors (Lipinski definition) is 5. The van der Waals surface area contributed by atoms with E-state index >= 15 is 0 Å². The molecule has 0 fully saturated rings. The van der Waals surface area contributed by atoms with Crippen LogP contribution in [0.2, 0.25) is 0 Å². The number of nitrogens with one attached hydrogen (secondary N) is 2. The molecular weight excluding hydrogens is 543 g/mol. The fourth-order valence-corrected chi connectivity index (χ4v) is 4.22. The highest BCUT2D eigenvalue weighted by Crippen LogP contribution is 2.28. The van der Waals surface area contributed by atoms with Crippen molar-refractivity contribution < 1.29 is 42.6 Å². The quantitative estimate of drug-likeness (QED) is 0.269. The summed E-state index contributed by atoms with van der Waals surface area (Å²) >= 11 is 0. The average Bonchev–Trinajstić information content (AvgIpc) is 2.89. The van der Waals surface area contributed by atoms with Gasteiger partial charge in [0.1, 0.15) is 6.04 Å². The van der Waals surface area contributed by atoms with E-state index in [-0.39, 0.29) is 29.2 Å². The van der Waals surface area contributed by atoms with Crippen molar-refractivity contribution in [1.82, 2.24) is 15.5 Å². The van der Waals surface area contributed by atoms with Crippen molar-refractivity contribution in [1.29, 1.82) is 0 Å². The molecule has 0 aliphatic rings. The molecule has 2 amide bonds. The van der Waals surface area contributed by atoms with Gasteiger partial charge < -0.3 is 25.7 Å². The maximum atomic E-state index is 13.6. The predicted octanol–water partition coefficient (Wildman–Crippen LogP) is 4.23. The standard InChI is InChI=1S/C27H43N3O4.C2HF3O2/c1-10-18(4)22(25(32)30(9)21(17(2)3)16-19(5)26(33)34)29-24(31)23(28-8)27(6,7)20-14-12-11-13-15-20;3-2(4,5)1(6)7/h11-18,21-23,28H,10H2,1-9H3,(H,29,31)(H,33,34);(H,6,7)/b19-16+;/t18-,21+,22-,23+;/m0./s1. The van der Waals surface area contributed by atoms with Gasteiger partial charge in [-0.05, 0) is 31.4 Å². The number of carbonyl (C=O) groups excluding carboxylic acids is 2. The summed E-state index contributed by atoms with van der Waals surface area (Å²) in [5.41, 5.74) is 0.682. The van der Waals surface area contributed by atoms with Crippen LogP contribution in [0.5, 0.6) is 0 Å². The first-order valence-corrected chi connectivity index (χ1v) is 13.2. The molecule has 9 nitrogen and oxygen atoms in total. The van der Waals surface area contributed by atoms with Crippen LogP contribution in [-0.4, -0.2) is 77.3 Å². The molecule has 12 heteroatoms. The Morgan fingerprint density at radius 1 is 1.02 bits per heavy atom. The molecule has 232 valence electrons. The van der Waals surface area contributed by atoms with Crippen LogP contribution in [0.15, 0.2) is 42.0 Å². The summed E-state index contributed by atoms with van der Waals surface area (Å²) in [5, 5.41) is 22.6. The molecule has 0 bridgehead atoms. The highest BCUT2D eigenvalue weighted by Gasteiger charge is 2.39. The van der Waals surface area contributed by atoms with E-state index in [9.17, 15) is 32.7 Å². The topological polar surface area (TPSA) is 136 Å². The normalized spacial score (nSPS) is 15.1. The Kier molecular flexibility index (Phi) is 14.8. The summed E-state index contributed by atoms with van der Waals surface area (Å²) < 4.78 is 31.7. The van der Waals surface area contributed by atoms with Crippen LogP contribution in [0.3, 0.4) is 0 Å². The fourth-order valence-electron chi connectivity index (χ4n) is 4.22. The van der Waals surface area contributed by atoms with Crippen molar-refractivity contribution in [2.45, 2.75) is 84.6 Å². The van der Waals surface area contributed by atoms with E-state index in [0.717, 1.165) is 5.56 Å². The Labute approximate surface area is 240 Å². The maximum Gasteiger partial charge on any atom is 0.490 e. The highest BCUT2D eigenvalue weighted by molar-refractivity contribution is 5.91. The van der Waals surface area contributed by atoms with Crippen molar-refractivity contribution in [3.8, 4) is 0 Å². The molecule has 0 aliphatic heterocycles. The van der Waals surface area contributed by atoms with Crippen molar-refractivity contribution in [3.63, 3.8) is 0 Å². The van der Waals surface area contributed by atoms with Crippen molar-refractivity contribution >= 4 is 23.8 Å². The Balaban J connectivity index is 0.00000201. The molecule has 0 aromatic heterocycles. The monoisotopic (exact) mass is 587 g/mol. The number of rotatable bonds is 12. The van der Waals surface area contributed by atoms with Crippen molar-refractivity contribution in [2.75, 3.05) is 14.1 Å². The molecule has 41 heavy (non-hydrogen) atoms. The van der Waals surface area contributed by atoms with Crippen LogP contribution in [0.4, 0.5) is 13.2 Å². The summed E-state index contributed by atoms with van der Waals surface area (Å²) in [5.74, 6) is -4.36. The number of carbonyl (C=O) groups is 4. The summed E-state index contributed by atoms with van der Waals surface area (Å²) in [6.45, 7) is 13.3. The number of likely N-dealkylation sites (N-methyl/N-ethyl adjacent to an activating group) is 2. The van der Waals surface area contributed by atoms with Crippen LogP contribution >= 0.6 is 0 Å². The third-order valence-corrected chi connectivity index (χ3v) is 7.05. The number of halogens is 3. The van der Waals surface area contributed by atoms with E-state index in [2.05, 4.69) is 10.6 Å². The first-order valence-electron chi connectivity index (χ1n) is 13.2. The molecule has 0 unspecified atom stereocenters. The maximum absolute atomic E-state index is 13.6. The Morgan fingerprint density at radius 2 is 1.51 bits per heavy atom. The van der Waals surface area contributed by atoms with Gasteiger partial charge in [0, 0.05) is 18.0 Å². The molecule has 1 rings (SSSR count). The highest BCUT2D eigenvalue weighted by atomic mass is 19.4. The Hall–Kier alpha value is -3.41. The molecule has 4 atom stereocenters. The van der Waals surface area contributed by atoms with E-state index in [4.69, 9.17) is 9.90 Å². The average molecular weight is 588 g/mol. The molecule has 0 saturated carbocycles. The second-order valence-electron chi connectivity index (χ2n) is 10.8. The third-order valence-electron chi connectivity index (χ3n) is 7.05. The summed E-state index contributed by atoms with van der Waals surface area (Å²) in [6.07, 6.45) is -2.78. The van der Waals surface area contributed by atoms with Crippen LogP contribution < -0.4 is 10.6 Å². The zero-order valence-electron chi connectivity index (χ0n) is 25.2. The second-order valence-corrected chi connectivity index (χ2v) is 10.8. The Bertz CT molecular complexity index is 1060. The first kappa shape index (κ1) is 37.6. The third kappa shape index (κ3) is 11.2. The number of nitrogens with zero attached hydrogens (tertiary/aromatic N) is 1. The number of amides is 2. The van der Waals surface area contributed by atoms with Gasteiger partial charge in [-0.3, -0.25) is 9.59 Å². The number of carboxylic acid groups (broad SMARTS) is 2. The van der Waals surface area contributed by atoms with E-state index in [1.165, 1.54) is 6.92 Å². The van der Waals surface area contributed by atoms with Gasteiger partial charge in [0.15, 0.2) is 0 Å². The number of carboxylic acids is 2. The van der Waals surface area contributed by atoms with Gasteiger partial charge in [0.05, 0.1) is 12.1 Å². The summed E-state index contributed by atoms with van der Waals surface area (Å²) in [4.78, 5) is 48.9. The fraction of sp³-hybridized carbons (Fsp3) is 0.586. The van der Waals surface area contributed by atoms with E-state index in [1.807, 2.05) is 71.9 Å². The van der Waals surface area contributed by atoms with Gasteiger partial charge >= 0.3 is 18.1 Å². The minimum absolute atomic E-state index is 0.00129. The molecule has 0 aliphatic carbocycles. The lowest BCUT2D eigenvalue weighted by Crippen LogP contribution is -2.60. The second kappa shape index (κ2) is 16.1. The Morgan fingerprint density at radius 3 is 1.88 bits per heavy atom. The lowest BCUT2D eigenvalue weighted by Gasteiger charge is -2.37. The van der Waals surface area contributed by atoms with Crippen LogP contribution in [-0.2, 0) is 24.6 Å². The zero-order chi connectivity index (χ0) is 32.3. The molecule has 4 N–H and O–H groups in total. The largest absolute Gasteiger partial charge is 0.490 e. The molecule has 0 radical (unpaired) electrons. The molecule has 0 spiro atoms. The van der Waals surface area contributed by atoms with Gasteiger partial charge in [0.25, 0.3) is 0 Å². The molecule has 1 aromatic rings. The van der Waals surface area contributed by atoms with Gasteiger partial charge in [0.2, 0.25) is 11.8 Å². The van der Waals surface area contributed by atoms with Crippen LogP contribution in [0, 0.1) is 11.8 Å². The number of aliphatic carboxylic acids is 2. The molecule has 1 aromatic carbocycles. The van der Waals surface area contributed by atoms with E-state index in [0.29, 0.717) is 6.42 Å². The lowest BCUT2D eigenvalue weighted by atomic mass is 9.77. The lowest BCUT2D eigenvalue weighted by molar-refractivity contribution is -0.192. The minimum atomic E-state index is -5.08. The first-order chi connectivity index (χ1) is 18.7.